The molecule has 0 saturated heterocycles. The van der Waals surface area contributed by atoms with Crippen molar-refractivity contribution in [2.75, 3.05) is 0 Å². The van der Waals surface area contributed by atoms with Crippen LogP contribution in [0.2, 0.25) is 0 Å². The minimum absolute atomic E-state index is 0.521. The summed E-state index contributed by atoms with van der Waals surface area (Å²) in [7, 11) is 0. The lowest BCUT2D eigenvalue weighted by Gasteiger charge is -1.89. The highest BCUT2D eigenvalue weighted by Gasteiger charge is 2.06. The molecule has 0 unspecified atom stereocenters. The van der Waals surface area contributed by atoms with Crippen molar-refractivity contribution in [1.82, 2.24) is 5.16 Å². The van der Waals surface area contributed by atoms with Gasteiger partial charge in [-0.05, 0) is 20.3 Å². The molecule has 3 heteroatoms. The molecule has 0 saturated carbocycles. The van der Waals surface area contributed by atoms with Crippen molar-refractivity contribution in [3.8, 4) is 0 Å². The van der Waals surface area contributed by atoms with E-state index in [0.717, 1.165) is 23.3 Å². The van der Waals surface area contributed by atoms with Gasteiger partial charge in [0.05, 0.1) is 5.69 Å². The van der Waals surface area contributed by atoms with Crippen LogP contribution < -0.4 is 0 Å². The first kappa shape index (κ1) is 7.98. The highest BCUT2D eigenvalue weighted by Crippen LogP contribution is 2.12. The number of aromatic nitrogens is 1. The molecule has 1 heterocycles. The van der Waals surface area contributed by atoms with Crippen molar-refractivity contribution in [3.05, 3.63) is 17.0 Å². The van der Waals surface area contributed by atoms with Gasteiger partial charge in [-0.25, -0.2) is 0 Å². The summed E-state index contributed by atoms with van der Waals surface area (Å²) < 4.78 is 4.93. The van der Waals surface area contributed by atoms with Crippen LogP contribution in [0.25, 0.3) is 0 Å². The number of carbonyl (C=O) groups is 1. The standard InChI is InChI=1S/C8H11NO2/c1-6-7(2)11-9-8(6)4-3-5-10/h5H,3-4H2,1-2H3. The van der Waals surface area contributed by atoms with Crippen LogP contribution in [0.4, 0.5) is 0 Å². The van der Waals surface area contributed by atoms with Crippen LogP contribution in [0.15, 0.2) is 4.52 Å². The zero-order valence-corrected chi connectivity index (χ0v) is 6.76. The number of nitrogens with zero attached hydrogens (tertiary/aromatic N) is 1. The van der Waals surface area contributed by atoms with E-state index in [9.17, 15) is 4.79 Å². The normalized spacial score (nSPS) is 10.0. The number of hydrogen-bond acceptors (Lipinski definition) is 3. The third kappa shape index (κ3) is 1.67. The van der Waals surface area contributed by atoms with E-state index >= 15 is 0 Å². The molecule has 60 valence electrons. The second kappa shape index (κ2) is 3.32. The molecule has 0 N–H and O–H groups in total. The smallest absolute Gasteiger partial charge is 0.136 e. The Morgan fingerprint density at radius 3 is 2.73 bits per heavy atom. The van der Waals surface area contributed by atoms with Gasteiger partial charge in [0.1, 0.15) is 12.0 Å². The van der Waals surface area contributed by atoms with Crippen molar-refractivity contribution in [3.63, 3.8) is 0 Å². The molecule has 3 nitrogen and oxygen atoms in total. The molecule has 0 atom stereocenters. The first-order chi connectivity index (χ1) is 5.25. The summed E-state index contributed by atoms with van der Waals surface area (Å²) in [5.41, 5.74) is 1.96. The van der Waals surface area contributed by atoms with Crippen LogP contribution in [-0.2, 0) is 11.2 Å². The highest BCUT2D eigenvalue weighted by molar-refractivity contribution is 5.50. The van der Waals surface area contributed by atoms with E-state index in [1.807, 2.05) is 13.8 Å². The number of aldehydes is 1. The van der Waals surface area contributed by atoms with Gasteiger partial charge in [0.15, 0.2) is 0 Å². The number of aryl methyl sites for hydroxylation is 2. The lowest BCUT2D eigenvalue weighted by Crippen LogP contribution is -1.88. The molecule has 1 aromatic heterocycles. The maximum atomic E-state index is 10.0. The molecule has 0 fully saturated rings. The molecule has 0 spiro atoms. The summed E-state index contributed by atoms with van der Waals surface area (Å²) in [4.78, 5) is 10.0. The highest BCUT2D eigenvalue weighted by atomic mass is 16.5. The molecule has 0 radical (unpaired) electrons. The molecule has 0 aliphatic rings. The van der Waals surface area contributed by atoms with Gasteiger partial charge in [-0.3, -0.25) is 0 Å². The molecule has 0 aliphatic heterocycles. The Labute approximate surface area is 65.4 Å². The number of carbonyl (C=O) groups excluding carboxylic acids is 1. The zero-order chi connectivity index (χ0) is 8.27. The van der Waals surface area contributed by atoms with Crippen molar-refractivity contribution >= 4 is 6.29 Å². The predicted octanol–water partition coefficient (Wildman–Crippen LogP) is 1.42. The van der Waals surface area contributed by atoms with Crippen LogP contribution in [0.1, 0.15) is 23.4 Å². The van der Waals surface area contributed by atoms with Crippen molar-refractivity contribution < 1.29 is 9.32 Å². The van der Waals surface area contributed by atoms with E-state index in [-0.39, 0.29) is 0 Å². The van der Waals surface area contributed by atoms with E-state index in [2.05, 4.69) is 5.16 Å². The summed E-state index contributed by atoms with van der Waals surface area (Å²) in [5, 5.41) is 3.82. The van der Waals surface area contributed by atoms with Crippen molar-refractivity contribution in [1.29, 1.82) is 0 Å². The average Bonchev–Trinajstić information content (AvgIpc) is 2.31. The van der Waals surface area contributed by atoms with E-state index in [0.29, 0.717) is 12.8 Å². The Morgan fingerprint density at radius 1 is 1.55 bits per heavy atom. The summed E-state index contributed by atoms with van der Waals surface area (Å²) >= 11 is 0. The van der Waals surface area contributed by atoms with Gasteiger partial charge < -0.3 is 9.32 Å². The van der Waals surface area contributed by atoms with Gasteiger partial charge in [0, 0.05) is 12.0 Å². The monoisotopic (exact) mass is 153 g/mol. The maximum absolute atomic E-state index is 10.0. The van der Waals surface area contributed by atoms with Crippen LogP contribution >= 0.6 is 0 Å². The second-order valence-electron chi connectivity index (χ2n) is 2.52. The summed E-state index contributed by atoms with van der Waals surface area (Å²) in [6.07, 6.45) is 2.10. The van der Waals surface area contributed by atoms with E-state index < -0.39 is 0 Å². The molecule has 0 amide bonds. The van der Waals surface area contributed by atoms with Crippen molar-refractivity contribution in [2.45, 2.75) is 26.7 Å². The van der Waals surface area contributed by atoms with Crippen LogP contribution in [0.3, 0.4) is 0 Å². The first-order valence-corrected chi connectivity index (χ1v) is 3.61. The van der Waals surface area contributed by atoms with Gasteiger partial charge in [-0.2, -0.15) is 0 Å². The molecular weight excluding hydrogens is 142 g/mol. The SMILES string of the molecule is Cc1onc(CCC=O)c1C. The third-order valence-corrected chi connectivity index (χ3v) is 1.75. The van der Waals surface area contributed by atoms with Crippen LogP contribution in [-0.4, -0.2) is 11.4 Å². The van der Waals surface area contributed by atoms with Crippen molar-refractivity contribution in [2.24, 2.45) is 0 Å². The molecule has 1 rings (SSSR count). The van der Waals surface area contributed by atoms with Gasteiger partial charge in [-0.15, -0.1) is 0 Å². The Kier molecular flexibility index (Phi) is 2.41. The van der Waals surface area contributed by atoms with Crippen LogP contribution in [0, 0.1) is 13.8 Å². The van der Waals surface area contributed by atoms with Gasteiger partial charge in [0.25, 0.3) is 0 Å². The first-order valence-electron chi connectivity index (χ1n) is 3.61. The zero-order valence-electron chi connectivity index (χ0n) is 6.76. The lowest BCUT2D eigenvalue weighted by molar-refractivity contribution is -0.107. The van der Waals surface area contributed by atoms with Crippen LogP contribution in [0.5, 0.6) is 0 Å². The fourth-order valence-corrected chi connectivity index (χ4v) is 0.892. The molecule has 11 heavy (non-hydrogen) atoms. The Bertz CT molecular complexity index is 253. The molecule has 0 aliphatic carbocycles. The maximum Gasteiger partial charge on any atom is 0.136 e. The van der Waals surface area contributed by atoms with E-state index in [1.54, 1.807) is 0 Å². The summed E-state index contributed by atoms with van der Waals surface area (Å²) in [6, 6.07) is 0. The predicted molar refractivity (Wildman–Crippen MR) is 40.4 cm³/mol. The van der Waals surface area contributed by atoms with Gasteiger partial charge >= 0.3 is 0 Å². The molecule has 0 aromatic carbocycles. The fraction of sp³-hybridized carbons (Fsp3) is 0.500. The molecular formula is C8H11NO2. The Hall–Kier alpha value is -1.12. The third-order valence-electron chi connectivity index (χ3n) is 1.75. The topological polar surface area (TPSA) is 43.1 Å². The second-order valence-corrected chi connectivity index (χ2v) is 2.52. The van der Waals surface area contributed by atoms with Gasteiger partial charge in [0.2, 0.25) is 0 Å². The van der Waals surface area contributed by atoms with Gasteiger partial charge in [-0.1, -0.05) is 5.16 Å². The minimum Gasteiger partial charge on any atom is -0.361 e. The Balaban J connectivity index is 2.70. The number of hydrogen-bond donors (Lipinski definition) is 0. The molecule has 0 bridgehead atoms. The largest absolute Gasteiger partial charge is 0.361 e. The average molecular weight is 153 g/mol. The summed E-state index contributed by atoms with van der Waals surface area (Å²) in [6.45, 7) is 3.82. The lowest BCUT2D eigenvalue weighted by atomic mass is 10.1. The van der Waals surface area contributed by atoms with E-state index in [1.165, 1.54) is 0 Å². The summed E-state index contributed by atoms with van der Waals surface area (Å²) in [5.74, 6) is 0.839. The quantitative estimate of drug-likeness (QED) is 0.617. The van der Waals surface area contributed by atoms with E-state index in [4.69, 9.17) is 4.52 Å². The molecule has 1 aromatic rings. The fourth-order valence-electron chi connectivity index (χ4n) is 0.892. The number of rotatable bonds is 3. The minimum atomic E-state index is 0.521. The Morgan fingerprint density at radius 2 is 2.27 bits per heavy atom.